The molecule has 0 saturated heterocycles. The molecule has 2 heteroatoms. The molecular weight excluding hydrogens is 136 g/mol. The first-order valence-corrected chi connectivity index (χ1v) is 3.87. The van der Waals surface area contributed by atoms with E-state index < -0.39 is 0 Å². The quantitative estimate of drug-likeness (QED) is 0.485. The number of aromatic nitrogens is 1. The van der Waals surface area contributed by atoms with Crippen LogP contribution in [0.4, 0.5) is 0 Å². The highest BCUT2D eigenvalue weighted by molar-refractivity contribution is 5.02. The van der Waals surface area contributed by atoms with Gasteiger partial charge in [-0.05, 0) is 25.1 Å². The fraction of sp³-hybridized carbons (Fsp3) is 0.333. The highest BCUT2D eigenvalue weighted by atomic mass is 14.9. The summed E-state index contributed by atoms with van der Waals surface area (Å²) in [4.78, 5) is 3.13. The molecular formula is C9H14N2. The van der Waals surface area contributed by atoms with Crippen LogP contribution in [0.1, 0.15) is 12.1 Å². The van der Waals surface area contributed by atoms with E-state index in [1.54, 1.807) is 0 Å². The first-order valence-electron chi connectivity index (χ1n) is 3.87. The third-order valence-corrected chi connectivity index (χ3v) is 1.50. The first kappa shape index (κ1) is 8.08. The Bertz CT molecular complexity index is 189. The van der Waals surface area contributed by atoms with Crippen molar-refractivity contribution in [3.05, 3.63) is 36.7 Å². The van der Waals surface area contributed by atoms with Gasteiger partial charge in [0.1, 0.15) is 0 Å². The van der Waals surface area contributed by atoms with Crippen LogP contribution < -0.4 is 5.32 Å². The molecule has 0 unspecified atom stereocenters. The van der Waals surface area contributed by atoms with Gasteiger partial charge in [-0.2, -0.15) is 0 Å². The molecule has 11 heavy (non-hydrogen) atoms. The lowest BCUT2D eigenvalue weighted by Gasteiger charge is -1.99. The summed E-state index contributed by atoms with van der Waals surface area (Å²) in [5.41, 5.74) is 1.23. The van der Waals surface area contributed by atoms with Crippen LogP contribution in [0.5, 0.6) is 0 Å². The molecule has 0 atom stereocenters. The summed E-state index contributed by atoms with van der Waals surface area (Å²) in [5.74, 6) is 0. The third kappa shape index (κ3) is 3.05. The summed E-state index contributed by atoms with van der Waals surface area (Å²) in [7, 11) is 0. The predicted octanol–water partition coefficient (Wildman–Crippen LogP) is 1.68. The average molecular weight is 150 g/mol. The molecule has 1 heterocycles. The number of hydrogen-bond acceptors (Lipinski definition) is 1. The maximum atomic E-state index is 3.65. The van der Waals surface area contributed by atoms with Crippen molar-refractivity contribution in [3.8, 4) is 0 Å². The lowest BCUT2D eigenvalue weighted by atomic mass is 10.4. The number of rotatable bonds is 5. The SMILES string of the molecule is C=CCCNCc1ccc[nH]1. The molecule has 60 valence electrons. The van der Waals surface area contributed by atoms with E-state index >= 15 is 0 Å². The molecule has 0 fully saturated rings. The van der Waals surface area contributed by atoms with Crippen LogP contribution in [0.25, 0.3) is 0 Å². The average Bonchev–Trinajstić information content (AvgIpc) is 2.50. The molecule has 1 aromatic rings. The normalized spacial score (nSPS) is 9.82. The Kier molecular flexibility index (Phi) is 3.48. The molecule has 0 aliphatic heterocycles. The Hall–Kier alpha value is -1.02. The number of hydrogen-bond donors (Lipinski definition) is 2. The third-order valence-electron chi connectivity index (χ3n) is 1.50. The standard InChI is InChI=1S/C9H14N2/c1-2-3-6-10-8-9-5-4-7-11-9/h2,4-5,7,10-11H,1,3,6,8H2. The van der Waals surface area contributed by atoms with Crippen molar-refractivity contribution < 1.29 is 0 Å². The van der Waals surface area contributed by atoms with Crippen molar-refractivity contribution in [2.24, 2.45) is 0 Å². The van der Waals surface area contributed by atoms with Gasteiger partial charge in [-0.25, -0.2) is 0 Å². The lowest BCUT2D eigenvalue weighted by molar-refractivity contribution is 0.685. The fourth-order valence-electron chi connectivity index (χ4n) is 0.905. The first-order chi connectivity index (χ1) is 5.43. The van der Waals surface area contributed by atoms with Crippen molar-refractivity contribution in [3.63, 3.8) is 0 Å². The second-order valence-electron chi connectivity index (χ2n) is 2.45. The van der Waals surface area contributed by atoms with Gasteiger partial charge in [-0.1, -0.05) is 6.08 Å². The van der Waals surface area contributed by atoms with Crippen LogP contribution in [0.2, 0.25) is 0 Å². The van der Waals surface area contributed by atoms with Gasteiger partial charge in [0.25, 0.3) is 0 Å². The van der Waals surface area contributed by atoms with E-state index in [1.165, 1.54) is 5.69 Å². The molecule has 0 aliphatic rings. The zero-order valence-corrected chi connectivity index (χ0v) is 6.64. The van der Waals surface area contributed by atoms with Crippen LogP contribution in [-0.2, 0) is 6.54 Å². The molecule has 2 nitrogen and oxygen atoms in total. The Morgan fingerprint density at radius 1 is 1.64 bits per heavy atom. The van der Waals surface area contributed by atoms with Crippen molar-refractivity contribution in [1.29, 1.82) is 0 Å². The van der Waals surface area contributed by atoms with Crippen molar-refractivity contribution in [2.75, 3.05) is 6.54 Å². The van der Waals surface area contributed by atoms with Gasteiger partial charge in [0, 0.05) is 18.4 Å². The van der Waals surface area contributed by atoms with Gasteiger partial charge in [0.2, 0.25) is 0 Å². The second-order valence-corrected chi connectivity index (χ2v) is 2.45. The maximum Gasteiger partial charge on any atom is 0.0357 e. The zero-order valence-electron chi connectivity index (χ0n) is 6.64. The van der Waals surface area contributed by atoms with Crippen LogP contribution in [0.3, 0.4) is 0 Å². The molecule has 0 aromatic carbocycles. The Labute approximate surface area is 67.3 Å². The maximum absolute atomic E-state index is 3.65. The minimum absolute atomic E-state index is 0.918. The monoisotopic (exact) mass is 150 g/mol. The molecule has 0 aliphatic carbocycles. The van der Waals surface area contributed by atoms with Gasteiger partial charge >= 0.3 is 0 Å². The Morgan fingerprint density at radius 2 is 2.55 bits per heavy atom. The molecule has 0 bridgehead atoms. The zero-order chi connectivity index (χ0) is 7.94. The number of nitrogens with one attached hydrogen (secondary N) is 2. The summed E-state index contributed by atoms with van der Waals surface area (Å²) in [5, 5.41) is 3.29. The summed E-state index contributed by atoms with van der Waals surface area (Å²) >= 11 is 0. The summed E-state index contributed by atoms with van der Waals surface area (Å²) < 4.78 is 0. The predicted molar refractivity (Wildman–Crippen MR) is 47.3 cm³/mol. The Balaban J connectivity index is 2.09. The molecule has 2 N–H and O–H groups in total. The second kappa shape index (κ2) is 4.74. The van der Waals surface area contributed by atoms with E-state index in [1.807, 2.05) is 18.3 Å². The van der Waals surface area contributed by atoms with Crippen LogP contribution >= 0.6 is 0 Å². The lowest BCUT2D eigenvalue weighted by Crippen LogP contribution is -2.13. The van der Waals surface area contributed by atoms with Gasteiger partial charge in [-0.3, -0.25) is 0 Å². The van der Waals surface area contributed by atoms with Crippen LogP contribution in [0, 0.1) is 0 Å². The summed E-state index contributed by atoms with van der Waals surface area (Å²) in [6.07, 6.45) is 4.88. The van der Waals surface area contributed by atoms with Crippen LogP contribution in [-0.4, -0.2) is 11.5 Å². The van der Waals surface area contributed by atoms with E-state index in [9.17, 15) is 0 Å². The number of aromatic amines is 1. The molecule has 0 spiro atoms. The van der Waals surface area contributed by atoms with E-state index in [2.05, 4.69) is 22.9 Å². The van der Waals surface area contributed by atoms with E-state index in [-0.39, 0.29) is 0 Å². The van der Waals surface area contributed by atoms with Crippen molar-refractivity contribution >= 4 is 0 Å². The largest absolute Gasteiger partial charge is 0.364 e. The van der Waals surface area contributed by atoms with Gasteiger partial charge < -0.3 is 10.3 Å². The number of H-pyrrole nitrogens is 1. The minimum Gasteiger partial charge on any atom is -0.364 e. The molecule has 0 radical (unpaired) electrons. The van der Waals surface area contributed by atoms with E-state index in [0.29, 0.717) is 0 Å². The topological polar surface area (TPSA) is 27.8 Å². The van der Waals surface area contributed by atoms with Crippen LogP contribution in [0.15, 0.2) is 31.0 Å². The van der Waals surface area contributed by atoms with Crippen molar-refractivity contribution in [2.45, 2.75) is 13.0 Å². The highest BCUT2D eigenvalue weighted by Crippen LogP contribution is 1.92. The Morgan fingerprint density at radius 3 is 3.18 bits per heavy atom. The molecule has 1 rings (SSSR count). The smallest absolute Gasteiger partial charge is 0.0357 e. The molecule has 0 amide bonds. The van der Waals surface area contributed by atoms with Gasteiger partial charge in [0.15, 0.2) is 0 Å². The molecule has 1 aromatic heterocycles. The molecule has 0 saturated carbocycles. The highest BCUT2D eigenvalue weighted by Gasteiger charge is 1.88. The van der Waals surface area contributed by atoms with E-state index in [4.69, 9.17) is 0 Å². The minimum atomic E-state index is 0.918. The van der Waals surface area contributed by atoms with E-state index in [0.717, 1.165) is 19.5 Å². The van der Waals surface area contributed by atoms with Crippen molar-refractivity contribution in [1.82, 2.24) is 10.3 Å². The fourth-order valence-corrected chi connectivity index (χ4v) is 0.905. The van der Waals surface area contributed by atoms with Gasteiger partial charge in [0.05, 0.1) is 0 Å². The summed E-state index contributed by atoms with van der Waals surface area (Å²) in [6, 6.07) is 4.07. The van der Waals surface area contributed by atoms with Gasteiger partial charge in [-0.15, -0.1) is 6.58 Å². The summed E-state index contributed by atoms with van der Waals surface area (Å²) in [6.45, 7) is 5.57.